The molecule has 4 aromatic rings. The largest absolute Gasteiger partial charge is 0.378 e. The van der Waals surface area contributed by atoms with E-state index in [4.69, 9.17) is 4.99 Å². The van der Waals surface area contributed by atoms with Crippen molar-refractivity contribution in [3.8, 4) is 0 Å². The quantitative estimate of drug-likeness (QED) is 0.443. The maximum atomic E-state index is 5.22. The van der Waals surface area contributed by atoms with Gasteiger partial charge in [-0.05, 0) is 66.9 Å². The van der Waals surface area contributed by atoms with Gasteiger partial charge in [-0.1, -0.05) is 24.3 Å². The third-order valence-electron chi connectivity index (χ3n) is 7.21. The zero-order valence-electron chi connectivity index (χ0n) is 22.6. The Morgan fingerprint density at radius 3 is 1.92 bits per heavy atom. The van der Waals surface area contributed by atoms with Crippen LogP contribution >= 0.6 is 0 Å². The van der Waals surface area contributed by atoms with Gasteiger partial charge in [0.05, 0.1) is 16.7 Å². The molecule has 0 spiro atoms. The Morgan fingerprint density at radius 1 is 0.694 bits per heavy atom. The van der Waals surface area contributed by atoms with Gasteiger partial charge in [0, 0.05) is 81.0 Å². The molecule has 0 atom stereocenters. The second kappa shape index (κ2) is 8.90. The molecule has 0 saturated heterocycles. The van der Waals surface area contributed by atoms with E-state index in [1.165, 1.54) is 33.1 Å². The minimum absolute atomic E-state index is 1.03. The van der Waals surface area contributed by atoms with E-state index in [1.54, 1.807) is 0 Å². The van der Waals surface area contributed by atoms with E-state index in [0.717, 1.165) is 39.1 Å². The van der Waals surface area contributed by atoms with Gasteiger partial charge in [-0.2, -0.15) is 0 Å². The number of anilines is 3. The Labute approximate surface area is 213 Å². The average molecular weight is 478 g/mol. The van der Waals surface area contributed by atoms with Gasteiger partial charge in [0.15, 0.2) is 0 Å². The smallest absolute Gasteiger partial charge is 0.0772 e. The van der Waals surface area contributed by atoms with Crippen LogP contribution < -0.4 is 25.3 Å². The van der Waals surface area contributed by atoms with Gasteiger partial charge in [0.2, 0.25) is 0 Å². The molecule has 5 nitrogen and oxygen atoms in total. The van der Waals surface area contributed by atoms with Crippen molar-refractivity contribution in [2.75, 3.05) is 57.0 Å². The number of hydrogen-bond acceptors (Lipinski definition) is 4. The van der Waals surface area contributed by atoms with Crippen LogP contribution in [0.3, 0.4) is 0 Å². The first kappa shape index (κ1) is 23.7. The maximum Gasteiger partial charge on any atom is 0.0772 e. The fraction of sp³-hybridized carbons (Fsp3) is 0.258. The lowest BCUT2D eigenvalue weighted by molar-refractivity contribution is 1.12. The molecule has 0 unspecified atom stereocenters. The van der Waals surface area contributed by atoms with Crippen LogP contribution in [0.2, 0.25) is 0 Å². The van der Waals surface area contributed by atoms with Gasteiger partial charge in [0.1, 0.15) is 0 Å². The van der Waals surface area contributed by atoms with Gasteiger partial charge >= 0.3 is 0 Å². The van der Waals surface area contributed by atoms with Crippen LogP contribution in [0.1, 0.15) is 23.7 Å². The lowest BCUT2D eigenvalue weighted by Gasteiger charge is -2.15. The summed E-state index contributed by atoms with van der Waals surface area (Å²) >= 11 is 0. The van der Waals surface area contributed by atoms with Gasteiger partial charge in [-0.3, -0.25) is 0 Å². The van der Waals surface area contributed by atoms with Crippen molar-refractivity contribution in [1.29, 1.82) is 0 Å². The van der Waals surface area contributed by atoms with E-state index < -0.39 is 0 Å². The Bertz CT molecular complexity index is 1620. The molecule has 3 aromatic carbocycles. The predicted octanol–water partition coefficient (Wildman–Crippen LogP) is 4.94. The Hall–Kier alpha value is -3.99. The molecule has 0 radical (unpaired) electrons. The van der Waals surface area contributed by atoms with Crippen molar-refractivity contribution in [2.45, 2.75) is 13.8 Å². The second-order valence-electron chi connectivity index (χ2n) is 10.2. The van der Waals surface area contributed by atoms with Crippen molar-refractivity contribution >= 4 is 39.1 Å². The number of rotatable bonds is 5. The zero-order valence-corrected chi connectivity index (χ0v) is 22.6. The van der Waals surface area contributed by atoms with Gasteiger partial charge < -0.3 is 19.7 Å². The first-order chi connectivity index (χ1) is 17.2. The molecule has 5 rings (SSSR count). The maximum absolute atomic E-state index is 5.22. The molecule has 1 aromatic heterocycles. The highest BCUT2D eigenvalue weighted by atomic mass is 15.1. The van der Waals surface area contributed by atoms with E-state index in [1.807, 2.05) is 0 Å². The molecule has 184 valence electrons. The fourth-order valence-electron chi connectivity index (χ4n) is 4.96. The molecule has 1 aliphatic rings. The molecule has 0 fully saturated rings. The summed E-state index contributed by atoms with van der Waals surface area (Å²) in [5, 5.41) is 3.46. The van der Waals surface area contributed by atoms with Crippen molar-refractivity contribution in [3.63, 3.8) is 0 Å². The Morgan fingerprint density at radius 2 is 1.28 bits per heavy atom. The third kappa shape index (κ3) is 3.95. The summed E-state index contributed by atoms with van der Waals surface area (Å²) < 4.78 is 0. The first-order valence-corrected chi connectivity index (χ1v) is 12.3. The van der Waals surface area contributed by atoms with Crippen LogP contribution in [0.15, 0.2) is 71.4 Å². The number of nitrogens with zero attached hydrogens (tertiary/aromatic N) is 4. The monoisotopic (exact) mass is 477 g/mol. The molecule has 5 heteroatoms. The van der Waals surface area contributed by atoms with Crippen molar-refractivity contribution in [2.24, 2.45) is 4.99 Å². The summed E-state index contributed by atoms with van der Waals surface area (Å²) in [4.78, 5) is 15.4. The lowest BCUT2D eigenvalue weighted by Crippen LogP contribution is -2.24. The molecule has 1 N–H and O–H groups in total. The van der Waals surface area contributed by atoms with E-state index in [2.05, 4.69) is 136 Å². The summed E-state index contributed by atoms with van der Waals surface area (Å²) in [5.74, 6) is 0. The zero-order chi connectivity index (χ0) is 25.7. The summed E-state index contributed by atoms with van der Waals surface area (Å²) in [5.41, 5.74) is 11.5. The highest BCUT2D eigenvalue weighted by Gasteiger charge is 2.22. The van der Waals surface area contributed by atoms with Crippen LogP contribution in [0.25, 0.3) is 22.0 Å². The molecule has 2 heterocycles. The Kier molecular flexibility index (Phi) is 5.87. The predicted molar refractivity (Wildman–Crippen MR) is 155 cm³/mol. The summed E-state index contributed by atoms with van der Waals surface area (Å²) in [7, 11) is 12.4. The van der Waals surface area contributed by atoms with Gasteiger partial charge in [0.25, 0.3) is 0 Å². The topological polar surface area (TPSA) is 37.9 Å². The van der Waals surface area contributed by atoms with Crippen molar-refractivity contribution in [3.05, 3.63) is 93.8 Å². The number of allylic oxidation sites excluding steroid dienone is 1. The summed E-state index contributed by atoms with van der Waals surface area (Å²) in [6.45, 7) is 4.40. The van der Waals surface area contributed by atoms with Crippen LogP contribution in [-0.2, 0) is 0 Å². The number of aryl methyl sites for hydroxylation is 1. The van der Waals surface area contributed by atoms with E-state index >= 15 is 0 Å². The van der Waals surface area contributed by atoms with Crippen molar-refractivity contribution in [1.82, 2.24) is 4.98 Å². The van der Waals surface area contributed by atoms with Crippen LogP contribution in [-0.4, -0.2) is 47.3 Å². The minimum Gasteiger partial charge on any atom is -0.378 e. The second-order valence-corrected chi connectivity index (χ2v) is 10.2. The number of benzene rings is 3. The molecule has 0 bridgehead atoms. The number of fused-ring (bicyclic) bond motifs is 2. The number of aromatic amines is 1. The molecular formula is C31H35N5. The molecule has 0 aliphatic carbocycles. The molecule has 36 heavy (non-hydrogen) atoms. The first-order valence-electron chi connectivity index (χ1n) is 12.3. The van der Waals surface area contributed by atoms with E-state index in [0.29, 0.717) is 0 Å². The number of nitrogens with one attached hydrogen (secondary N) is 1. The minimum atomic E-state index is 1.03. The third-order valence-corrected chi connectivity index (χ3v) is 7.21. The van der Waals surface area contributed by atoms with Gasteiger partial charge in [-0.15, -0.1) is 0 Å². The standard InChI is InChI=1S/C31H35N5/c1-19-25-15-13-23(35(5)6)17-27(25)32-30(19)29(21-9-11-22(12-10-21)34(3)4)31-20(2)26-16-14-24(36(7)8)18-28(26)33-31/h9-18,32H,1-8H3. The summed E-state index contributed by atoms with van der Waals surface area (Å²) in [6.07, 6.45) is 0. The number of hydrogen-bond donors (Lipinski definition) is 1. The number of H-pyrrole nitrogens is 1. The molecule has 0 saturated carbocycles. The van der Waals surface area contributed by atoms with E-state index in [-0.39, 0.29) is 0 Å². The van der Waals surface area contributed by atoms with Crippen LogP contribution in [0.5, 0.6) is 0 Å². The summed E-state index contributed by atoms with van der Waals surface area (Å²) in [6, 6.07) is 22.0. The van der Waals surface area contributed by atoms with Gasteiger partial charge in [-0.25, -0.2) is 4.99 Å². The fourth-order valence-corrected chi connectivity index (χ4v) is 4.96. The lowest BCUT2D eigenvalue weighted by atomic mass is 9.94. The average Bonchev–Trinajstić information content (AvgIpc) is 3.35. The normalized spacial score (nSPS) is 14.1. The number of aromatic nitrogens is 1. The highest BCUT2D eigenvalue weighted by molar-refractivity contribution is 5.97. The van der Waals surface area contributed by atoms with E-state index in [9.17, 15) is 0 Å². The SMILES string of the molecule is CC1=c2ccc(N(C)C)cc2=NC1=C(c1ccc(N(C)C)cc1)c1[nH]c2cc(N(C)C)ccc2c1C. The van der Waals surface area contributed by atoms with Crippen LogP contribution in [0.4, 0.5) is 17.1 Å². The molecule has 0 amide bonds. The highest BCUT2D eigenvalue weighted by Crippen LogP contribution is 2.37. The molecule has 1 aliphatic heterocycles. The molecular weight excluding hydrogens is 442 g/mol. The Balaban J connectivity index is 1.81. The van der Waals surface area contributed by atoms with Crippen molar-refractivity contribution < 1.29 is 0 Å². The van der Waals surface area contributed by atoms with Crippen LogP contribution in [0, 0.1) is 6.92 Å².